The van der Waals surface area contributed by atoms with E-state index in [2.05, 4.69) is 12.2 Å². The third-order valence-corrected chi connectivity index (χ3v) is 3.34. The van der Waals surface area contributed by atoms with Crippen molar-refractivity contribution in [1.82, 2.24) is 5.32 Å². The van der Waals surface area contributed by atoms with Crippen LogP contribution in [0.5, 0.6) is 0 Å². The van der Waals surface area contributed by atoms with Gasteiger partial charge in [-0.15, -0.1) is 0 Å². The van der Waals surface area contributed by atoms with Gasteiger partial charge in [0, 0.05) is 18.2 Å². The van der Waals surface area contributed by atoms with Gasteiger partial charge in [0.1, 0.15) is 0 Å². The number of hydrogen-bond acceptors (Lipinski definition) is 2. The van der Waals surface area contributed by atoms with E-state index in [0.717, 1.165) is 31.6 Å². The predicted molar refractivity (Wildman–Crippen MR) is 66.8 cm³/mol. The summed E-state index contributed by atoms with van der Waals surface area (Å²) < 4.78 is 30.6. The molecule has 4 heteroatoms. The Balaban J connectivity index is 2.02. The Hall–Kier alpha value is -1.00. The summed E-state index contributed by atoms with van der Waals surface area (Å²) in [5.41, 5.74) is 1.06. The minimum atomic E-state index is -2.40. The molecule has 0 aromatic heterocycles. The minimum Gasteiger partial charge on any atom is -0.373 e. The van der Waals surface area contributed by atoms with Gasteiger partial charge >= 0.3 is 0 Å². The lowest BCUT2D eigenvalue weighted by atomic mass is 9.97. The topological polar surface area (TPSA) is 21.3 Å². The van der Waals surface area contributed by atoms with Crippen LogP contribution in [0.3, 0.4) is 0 Å². The van der Waals surface area contributed by atoms with Crippen LogP contribution in [0, 0.1) is 0 Å². The molecule has 0 spiro atoms. The minimum absolute atomic E-state index is 0.0227. The first kappa shape index (κ1) is 13.4. The van der Waals surface area contributed by atoms with Crippen molar-refractivity contribution in [2.45, 2.75) is 38.3 Å². The van der Waals surface area contributed by atoms with Crippen LogP contribution in [0.1, 0.15) is 43.4 Å². The third-order valence-electron chi connectivity index (χ3n) is 3.34. The molecular formula is C14H19F2NO. The molecule has 0 bridgehead atoms. The second-order valence-corrected chi connectivity index (χ2v) is 4.61. The Morgan fingerprint density at radius 1 is 1.33 bits per heavy atom. The maximum absolute atomic E-state index is 12.5. The van der Waals surface area contributed by atoms with Crippen molar-refractivity contribution in [2.75, 3.05) is 13.2 Å². The quantitative estimate of drug-likeness (QED) is 0.889. The molecule has 1 heterocycles. The lowest BCUT2D eigenvalue weighted by Gasteiger charge is -2.30. The summed E-state index contributed by atoms with van der Waals surface area (Å²) >= 11 is 0. The first-order chi connectivity index (χ1) is 8.70. The van der Waals surface area contributed by atoms with E-state index < -0.39 is 6.43 Å². The molecule has 2 nitrogen and oxygen atoms in total. The van der Waals surface area contributed by atoms with E-state index in [0.29, 0.717) is 6.04 Å². The molecule has 0 amide bonds. The van der Waals surface area contributed by atoms with E-state index in [-0.39, 0.29) is 11.7 Å². The van der Waals surface area contributed by atoms with E-state index in [1.54, 1.807) is 12.1 Å². The standard InChI is InChI=1S/C14H19F2NO/c1-2-17-12-7-8-18-13(9-12)10-3-5-11(6-4-10)14(15)16/h3-6,12-14,17H,2,7-9H2,1H3. The van der Waals surface area contributed by atoms with Crippen LogP contribution in [0.15, 0.2) is 24.3 Å². The van der Waals surface area contributed by atoms with E-state index >= 15 is 0 Å². The highest BCUT2D eigenvalue weighted by atomic mass is 19.3. The maximum atomic E-state index is 12.5. The van der Waals surface area contributed by atoms with Crippen LogP contribution in [-0.2, 0) is 4.74 Å². The predicted octanol–water partition coefficient (Wildman–Crippen LogP) is 3.45. The van der Waals surface area contributed by atoms with Crippen molar-refractivity contribution in [3.05, 3.63) is 35.4 Å². The molecule has 1 aromatic carbocycles. The number of rotatable bonds is 4. The number of hydrogen-bond donors (Lipinski definition) is 1. The fourth-order valence-corrected chi connectivity index (χ4v) is 2.36. The third kappa shape index (κ3) is 3.27. The van der Waals surface area contributed by atoms with Crippen molar-refractivity contribution >= 4 is 0 Å². The fourth-order valence-electron chi connectivity index (χ4n) is 2.36. The molecular weight excluding hydrogens is 236 g/mol. The Morgan fingerprint density at radius 3 is 2.67 bits per heavy atom. The molecule has 1 aliphatic heterocycles. The van der Waals surface area contributed by atoms with Crippen LogP contribution in [0.4, 0.5) is 8.78 Å². The number of ether oxygens (including phenoxy) is 1. The number of alkyl halides is 2. The molecule has 0 saturated carbocycles. The average molecular weight is 255 g/mol. The normalized spacial score (nSPS) is 24.4. The first-order valence-electron chi connectivity index (χ1n) is 6.43. The molecule has 1 saturated heterocycles. The fraction of sp³-hybridized carbons (Fsp3) is 0.571. The zero-order valence-electron chi connectivity index (χ0n) is 10.5. The average Bonchev–Trinajstić information content (AvgIpc) is 2.39. The number of benzene rings is 1. The number of nitrogens with one attached hydrogen (secondary N) is 1. The van der Waals surface area contributed by atoms with Gasteiger partial charge in [-0.1, -0.05) is 31.2 Å². The molecule has 1 fully saturated rings. The molecule has 0 radical (unpaired) electrons. The van der Waals surface area contributed by atoms with Gasteiger partial charge in [-0.05, 0) is 24.9 Å². The van der Waals surface area contributed by atoms with Gasteiger partial charge in [0.2, 0.25) is 0 Å². The molecule has 2 unspecified atom stereocenters. The second kappa shape index (κ2) is 6.25. The zero-order valence-corrected chi connectivity index (χ0v) is 10.5. The van der Waals surface area contributed by atoms with Gasteiger partial charge in [0.05, 0.1) is 6.10 Å². The van der Waals surface area contributed by atoms with E-state index in [1.807, 2.05) is 0 Å². The van der Waals surface area contributed by atoms with Crippen LogP contribution in [0.2, 0.25) is 0 Å². The molecule has 18 heavy (non-hydrogen) atoms. The Bertz CT molecular complexity index is 365. The summed E-state index contributed by atoms with van der Waals surface area (Å²) in [5.74, 6) is 0. The lowest BCUT2D eigenvalue weighted by Crippen LogP contribution is -2.35. The van der Waals surface area contributed by atoms with Crippen LogP contribution < -0.4 is 5.32 Å². The van der Waals surface area contributed by atoms with E-state index in [1.165, 1.54) is 12.1 Å². The van der Waals surface area contributed by atoms with Gasteiger partial charge in [-0.25, -0.2) is 8.78 Å². The van der Waals surface area contributed by atoms with Gasteiger partial charge < -0.3 is 10.1 Å². The van der Waals surface area contributed by atoms with Crippen molar-refractivity contribution < 1.29 is 13.5 Å². The summed E-state index contributed by atoms with van der Waals surface area (Å²) in [4.78, 5) is 0. The number of halogens is 2. The van der Waals surface area contributed by atoms with Crippen molar-refractivity contribution in [3.63, 3.8) is 0 Å². The lowest BCUT2D eigenvalue weighted by molar-refractivity contribution is 0.000545. The van der Waals surface area contributed by atoms with Crippen molar-refractivity contribution in [1.29, 1.82) is 0 Å². The highest BCUT2D eigenvalue weighted by molar-refractivity contribution is 5.25. The Morgan fingerprint density at radius 2 is 2.06 bits per heavy atom. The zero-order chi connectivity index (χ0) is 13.0. The summed E-state index contributed by atoms with van der Waals surface area (Å²) in [6, 6.07) is 6.94. The molecule has 0 aliphatic carbocycles. The van der Waals surface area contributed by atoms with E-state index in [4.69, 9.17) is 4.74 Å². The molecule has 2 rings (SSSR count). The summed E-state index contributed by atoms with van der Waals surface area (Å²) in [5, 5.41) is 3.41. The maximum Gasteiger partial charge on any atom is 0.263 e. The molecule has 1 N–H and O–H groups in total. The highest BCUT2D eigenvalue weighted by Crippen LogP contribution is 2.29. The molecule has 1 aliphatic rings. The highest BCUT2D eigenvalue weighted by Gasteiger charge is 2.23. The smallest absolute Gasteiger partial charge is 0.263 e. The first-order valence-corrected chi connectivity index (χ1v) is 6.43. The molecule has 1 aromatic rings. The Kier molecular flexibility index (Phi) is 4.66. The summed E-state index contributed by atoms with van der Waals surface area (Å²) in [7, 11) is 0. The van der Waals surface area contributed by atoms with Crippen LogP contribution in [0.25, 0.3) is 0 Å². The van der Waals surface area contributed by atoms with E-state index in [9.17, 15) is 8.78 Å². The second-order valence-electron chi connectivity index (χ2n) is 4.61. The van der Waals surface area contributed by atoms with Crippen molar-refractivity contribution in [2.24, 2.45) is 0 Å². The van der Waals surface area contributed by atoms with Crippen molar-refractivity contribution in [3.8, 4) is 0 Å². The van der Waals surface area contributed by atoms with Gasteiger partial charge in [-0.3, -0.25) is 0 Å². The van der Waals surface area contributed by atoms with Gasteiger partial charge in [0.25, 0.3) is 6.43 Å². The summed E-state index contributed by atoms with van der Waals surface area (Å²) in [6.45, 7) is 3.75. The monoisotopic (exact) mass is 255 g/mol. The van der Waals surface area contributed by atoms with Gasteiger partial charge in [0.15, 0.2) is 0 Å². The van der Waals surface area contributed by atoms with Crippen LogP contribution in [-0.4, -0.2) is 19.2 Å². The summed E-state index contributed by atoms with van der Waals surface area (Å²) in [6.07, 6.45) is -0.461. The largest absolute Gasteiger partial charge is 0.373 e. The molecule has 100 valence electrons. The molecule has 2 atom stereocenters. The van der Waals surface area contributed by atoms with Crippen LogP contribution >= 0.6 is 0 Å². The Labute approximate surface area is 106 Å². The SMILES string of the molecule is CCNC1CCOC(c2ccc(C(F)F)cc2)C1. The van der Waals surface area contributed by atoms with Gasteiger partial charge in [-0.2, -0.15) is 0 Å².